The summed E-state index contributed by atoms with van der Waals surface area (Å²) in [5.74, 6) is -0.986. The SMILES string of the molecule is CCCCCCCCCCCc1cnc(-c2ccc(C(=O)Oc3ccc(C(=O)O[C@H](CCCCCCCC)C(F)(F)F)cc3)cc2)nc1. The summed E-state index contributed by atoms with van der Waals surface area (Å²) in [7, 11) is 0. The van der Waals surface area contributed by atoms with Gasteiger partial charge >= 0.3 is 18.1 Å². The number of hydrogen-bond donors (Lipinski definition) is 0. The van der Waals surface area contributed by atoms with Gasteiger partial charge in [0.25, 0.3) is 0 Å². The molecule has 0 saturated carbocycles. The predicted octanol–water partition coefficient (Wildman–Crippen LogP) is 11.3. The molecule has 0 bridgehead atoms. The molecule has 0 aliphatic rings. The lowest BCUT2D eigenvalue weighted by Gasteiger charge is -2.20. The molecule has 3 aromatic rings. The molecule has 0 unspecified atom stereocenters. The number of carbonyl (C=O) groups excluding carboxylic acids is 2. The van der Waals surface area contributed by atoms with Crippen molar-refractivity contribution < 1.29 is 32.2 Å². The molecule has 0 amide bonds. The zero-order valence-electron chi connectivity index (χ0n) is 28.5. The molecule has 1 atom stereocenters. The van der Waals surface area contributed by atoms with Crippen LogP contribution in [0.4, 0.5) is 13.2 Å². The minimum absolute atomic E-state index is 0.0597. The van der Waals surface area contributed by atoms with Crippen molar-refractivity contribution in [2.45, 2.75) is 135 Å². The largest absolute Gasteiger partial charge is 0.449 e. The Kier molecular flexibility index (Phi) is 17.1. The van der Waals surface area contributed by atoms with Gasteiger partial charge < -0.3 is 9.47 Å². The molecule has 0 radical (unpaired) electrons. The second kappa shape index (κ2) is 21.3. The molecular formula is C39H51F3N2O4. The molecule has 9 heteroatoms. The molecule has 1 aromatic heterocycles. The first-order valence-corrected chi connectivity index (χ1v) is 17.7. The van der Waals surface area contributed by atoms with Crippen LogP contribution in [0.5, 0.6) is 5.75 Å². The molecule has 2 aromatic carbocycles. The molecule has 0 spiro atoms. The number of esters is 2. The first-order chi connectivity index (χ1) is 23.2. The predicted molar refractivity (Wildman–Crippen MR) is 183 cm³/mol. The lowest BCUT2D eigenvalue weighted by atomic mass is 10.1. The van der Waals surface area contributed by atoms with E-state index in [1.807, 2.05) is 12.4 Å². The van der Waals surface area contributed by atoms with E-state index in [1.165, 1.54) is 75.6 Å². The van der Waals surface area contributed by atoms with Gasteiger partial charge in [-0.3, -0.25) is 0 Å². The van der Waals surface area contributed by atoms with Crippen molar-refractivity contribution in [1.82, 2.24) is 9.97 Å². The monoisotopic (exact) mass is 668 g/mol. The maximum absolute atomic E-state index is 13.5. The zero-order chi connectivity index (χ0) is 34.6. The standard InChI is InChI=1S/C39H51F3N2O4/c1-3-5-7-9-11-12-13-14-16-18-30-28-43-36(44-29-30)31-20-22-32(23-21-31)37(45)47-34-26-24-33(25-27-34)38(46)48-35(39(40,41)42)19-17-15-10-8-6-4-2/h20-29,35H,3-19H2,1-2H3/t35-/m1/s1. The maximum Gasteiger partial charge on any atom is 0.425 e. The quantitative estimate of drug-likeness (QED) is 0.0602. The van der Waals surface area contributed by atoms with E-state index in [9.17, 15) is 22.8 Å². The highest BCUT2D eigenvalue weighted by Gasteiger charge is 2.42. The number of unbranched alkanes of at least 4 members (excludes halogenated alkanes) is 13. The Balaban J connectivity index is 1.44. The van der Waals surface area contributed by atoms with Gasteiger partial charge in [0.2, 0.25) is 0 Å². The van der Waals surface area contributed by atoms with Crippen LogP contribution in [-0.2, 0) is 11.2 Å². The van der Waals surface area contributed by atoms with Crippen LogP contribution in [0.25, 0.3) is 11.4 Å². The van der Waals surface area contributed by atoms with E-state index < -0.39 is 24.2 Å². The number of ether oxygens (including phenoxy) is 2. The van der Waals surface area contributed by atoms with E-state index in [4.69, 9.17) is 9.47 Å². The zero-order valence-corrected chi connectivity index (χ0v) is 28.5. The van der Waals surface area contributed by atoms with E-state index >= 15 is 0 Å². The van der Waals surface area contributed by atoms with E-state index in [0.29, 0.717) is 24.2 Å². The molecule has 0 N–H and O–H groups in total. The van der Waals surface area contributed by atoms with Gasteiger partial charge in [-0.05, 0) is 67.6 Å². The van der Waals surface area contributed by atoms with Crippen molar-refractivity contribution in [3.8, 4) is 17.1 Å². The number of rotatable bonds is 22. The molecule has 0 aliphatic carbocycles. The fourth-order valence-corrected chi connectivity index (χ4v) is 5.45. The van der Waals surface area contributed by atoms with E-state index in [0.717, 1.165) is 49.7 Å². The van der Waals surface area contributed by atoms with E-state index in [-0.39, 0.29) is 17.7 Å². The molecule has 6 nitrogen and oxygen atoms in total. The molecular weight excluding hydrogens is 617 g/mol. The summed E-state index contributed by atoms with van der Waals surface area (Å²) in [6, 6.07) is 12.0. The number of aromatic nitrogens is 2. The normalized spacial score (nSPS) is 12.1. The molecule has 3 rings (SSSR count). The molecule has 0 fully saturated rings. The van der Waals surface area contributed by atoms with Crippen molar-refractivity contribution in [2.24, 2.45) is 0 Å². The van der Waals surface area contributed by atoms with Crippen LogP contribution in [0.15, 0.2) is 60.9 Å². The molecule has 262 valence electrons. The second-order valence-corrected chi connectivity index (χ2v) is 12.5. The summed E-state index contributed by atoms with van der Waals surface area (Å²) < 4.78 is 50.7. The maximum atomic E-state index is 13.5. The number of benzene rings is 2. The summed E-state index contributed by atoms with van der Waals surface area (Å²) >= 11 is 0. The van der Waals surface area contributed by atoms with Crippen molar-refractivity contribution in [3.63, 3.8) is 0 Å². The topological polar surface area (TPSA) is 78.4 Å². The summed E-state index contributed by atoms with van der Waals surface area (Å²) in [5, 5.41) is 0. The first kappa shape index (κ1) is 38.7. The minimum Gasteiger partial charge on any atom is -0.449 e. The van der Waals surface area contributed by atoms with Gasteiger partial charge in [0.15, 0.2) is 11.9 Å². The van der Waals surface area contributed by atoms with Crippen molar-refractivity contribution >= 4 is 11.9 Å². The van der Waals surface area contributed by atoms with Crippen molar-refractivity contribution in [3.05, 3.63) is 77.6 Å². The van der Waals surface area contributed by atoms with Gasteiger partial charge in [0.1, 0.15) is 5.75 Å². The molecule has 0 saturated heterocycles. The number of carbonyl (C=O) groups is 2. The summed E-state index contributed by atoms with van der Waals surface area (Å²) in [5.41, 5.74) is 2.11. The first-order valence-electron chi connectivity index (χ1n) is 17.7. The third kappa shape index (κ3) is 14.2. The Morgan fingerprint density at radius 3 is 1.67 bits per heavy atom. The highest BCUT2D eigenvalue weighted by molar-refractivity contribution is 5.92. The Morgan fingerprint density at radius 2 is 1.12 bits per heavy atom. The van der Waals surface area contributed by atoms with Crippen LogP contribution in [0.3, 0.4) is 0 Å². The number of nitrogens with zero attached hydrogens (tertiary/aromatic N) is 2. The Labute approximate surface area is 283 Å². The Bertz CT molecular complexity index is 1340. The lowest BCUT2D eigenvalue weighted by Crippen LogP contribution is -2.33. The van der Waals surface area contributed by atoms with Crippen LogP contribution in [0, 0.1) is 0 Å². The van der Waals surface area contributed by atoms with Crippen LogP contribution >= 0.6 is 0 Å². The fraction of sp³-hybridized carbons (Fsp3) is 0.538. The van der Waals surface area contributed by atoms with Gasteiger partial charge in [0, 0.05) is 18.0 Å². The summed E-state index contributed by atoms with van der Waals surface area (Å²) in [6.07, 6.45) is 14.1. The van der Waals surface area contributed by atoms with Gasteiger partial charge in [0.05, 0.1) is 11.1 Å². The summed E-state index contributed by atoms with van der Waals surface area (Å²) in [4.78, 5) is 34.2. The average molecular weight is 669 g/mol. The Morgan fingerprint density at radius 1 is 0.646 bits per heavy atom. The third-order valence-corrected chi connectivity index (χ3v) is 8.39. The van der Waals surface area contributed by atoms with Crippen molar-refractivity contribution in [2.75, 3.05) is 0 Å². The molecule has 1 heterocycles. The Hall–Kier alpha value is -3.75. The number of aryl methyl sites for hydroxylation is 1. The third-order valence-electron chi connectivity index (χ3n) is 8.39. The van der Waals surface area contributed by atoms with Crippen LogP contribution in [0.2, 0.25) is 0 Å². The second-order valence-electron chi connectivity index (χ2n) is 12.5. The average Bonchev–Trinajstić information content (AvgIpc) is 3.08. The van der Waals surface area contributed by atoms with Crippen LogP contribution in [-0.4, -0.2) is 34.2 Å². The number of halogens is 3. The molecule has 0 aliphatic heterocycles. The van der Waals surface area contributed by atoms with E-state index in [2.05, 4.69) is 23.8 Å². The van der Waals surface area contributed by atoms with Gasteiger partial charge in [-0.15, -0.1) is 0 Å². The van der Waals surface area contributed by atoms with Crippen LogP contribution < -0.4 is 4.74 Å². The summed E-state index contributed by atoms with van der Waals surface area (Å²) in [6.45, 7) is 4.31. The van der Waals surface area contributed by atoms with E-state index in [1.54, 1.807) is 24.3 Å². The highest BCUT2D eigenvalue weighted by Crippen LogP contribution is 2.28. The highest BCUT2D eigenvalue weighted by atomic mass is 19.4. The van der Waals surface area contributed by atoms with Gasteiger partial charge in [-0.2, -0.15) is 13.2 Å². The van der Waals surface area contributed by atoms with Gasteiger partial charge in [-0.1, -0.05) is 109 Å². The van der Waals surface area contributed by atoms with Gasteiger partial charge in [-0.25, -0.2) is 19.6 Å². The van der Waals surface area contributed by atoms with Crippen LogP contribution in [0.1, 0.15) is 143 Å². The lowest BCUT2D eigenvalue weighted by molar-refractivity contribution is -0.206. The fourth-order valence-electron chi connectivity index (χ4n) is 5.45. The minimum atomic E-state index is -4.65. The number of hydrogen-bond acceptors (Lipinski definition) is 6. The number of alkyl halides is 3. The smallest absolute Gasteiger partial charge is 0.425 e. The van der Waals surface area contributed by atoms with Crippen molar-refractivity contribution in [1.29, 1.82) is 0 Å². The molecule has 48 heavy (non-hydrogen) atoms.